The number of benzene rings is 1. The molecule has 0 unspecified atom stereocenters. The molecule has 0 bridgehead atoms. The minimum Gasteiger partial charge on any atom is -0.495 e. The predicted molar refractivity (Wildman–Crippen MR) is 75.6 cm³/mol. The van der Waals surface area contributed by atoms with Gasteiger partial charge in [0.25, 0.3) is 0 Å². The van der Waals surface area contributed by atoms with Gasteiger partial charge in [0.2, 0.25) is 5.91 Å². The summed E-state index contributed by atoms with van der Waals surface area (Å²) in [5.74, 6) is 0.245. The van der Waals surface area contributed by atoms with Gasteiger partial charge in [-0.3, -0.25) is 4.79 Å². The fourth-order valence-electron chi connectivity index (χ4n) is 2.04. The lowest BCUT2D eigenvalue weighted by Gasteiger charge is -2.16. The van der Waals surface area contributed by atoms with Gasteiger partial charge in [-0.1, -0.05) is 0 Å². The monoisotopic (exact) mass is 278 g/mol. The maximum atomic E-state index is 12.0. The van der Waals surface area contributed by atoms with E-state index in [4.69, 9.17) is 10.5 Å². The molecule has 7 nitrogen and oxygen atoms in total. The number of rotatable bonds is 4. The molecule has 3 N–H and O–H groups in total. The Balaban J connectivity index is 2.01. The first-order valence-electron chi connectivity index (χ1n) is 6.24. The lowest BCUT2D eigenvalue weighted by molar-refractivity contribution is -0.116. The molecule has 1 aliphatic rings. The van der Waals surface area contributed by atoms with Gasteiger partial charge < -0.3 is 25.6 Å². The molecule has 2 rings (SSSR count). The molecule has 1 heterocycles. The molecule has 108 valence electrons. The average Bonchev–Trinajstić information content (AvgIpc) is 2.71. The lowest BCUT2D eigenvalue weighted by Crippen LogP contribution is -2.36. The van der Waals surface area contributed by atoms with Crippen LogP contribution in [0.3, 0.4) is 0 Å². The van der Waals surface area contributed by atoms with Crippen molar-refractivity contribution in [2.75, 3.05) is 44.8 Å². The van der Waals surface area contributed by atoms with Crippen LogP contribution in [0.2, 0.25) is 0 Å². The van der Waals surface area contributed by atoms with Gasteiger partial charge in [-0.2, -0.15) is 0 Å². The molecule has 7 heteroatoms. The molecule has 20 heavy (non-hydrogen) atoms. The van der Waals surface area contributed by atoms with E-state index < -0.39 is 0 Å². The Kier molecular flexibility index (Phi) is 3.97. The third kappa shape index (κ3) is 2.93. The highest BCUT2D eigenvalue weighted by atomic mass is 16.5. The number of carbonyl (C=O) groups is 2. The molecule has 0 saturated carbocycles. The quantitative estimate of drug-likeness (QED) is 0.789. The van der Waals surface area contributed by atoms with Gasteiger partial charge in [0.1, 0.15) is 12.3 Å². The van der Waals surface area contributed by atoms with E-state index in [2.05, 4.69) is 5.32 Å². The van der Waals surface area contributed by atoms with Crippen LogP contribution in [0.1, 0.15) is 0 Å². The van der Waals surface area contributed by atoms with E-state index >= 15 is 0 Å². The molecule has 0 radical (unpaired) electrons. The average molecular weight is 278 g/mol. The van der Waals surface area contributed by atoms with Crippen molar-refractivity contribution in [3.05, 3.63) is 18.2 Å². The summed E-state index contributed by atoms with van der Waals surface area (Å²) in [4.78, 5) is 26.7. The number of ether oxygens (including phenoxy) is 1. The number of methoxy groups -OCH3 is 1. The molecule has 1 aliphatic heterocycles. The van der Waals surface area contributed by atoms with E-state index in [9.17, 15) is 9.59 Å². The predicted octanol–water partition coefficient (Wildman–Crippen LogP) is 0.583. The van der Waals surface area contributed by atoms with Gasteiger partial charge in [-0.05, 0) is 18.2 Å². The summed E-state index contributed by atoms with van der Waals surface area (Å²) < 4.78 is 5.15. The van der Waals surface area contributed by atoms with Crippen LogP contribution in [-0.4, -0.2) is 55.5 Å². The lowest BCUT2D eigenvalue weighted by atomic mass is 10.2. The summed E-state index contributed by atoms with van der Waals surface area (Å²) in [6.07, 6.45) is 0. The number of hydrogen-bond donors (Lipinski definition) is 2. The second-order valence-electron chi connectivity index (χ2n) is 4.63. The van der Waals surface area contributed by atoms with Crippen molar-refractivity contribution in [1.29, 1.82) is 0 Å². The van der Waals surface area contributed by atoms with Crippen molar-refractivity contribution in [3.8, 4) is 5.75 Å². The molecule has 0 spiro atoms. The second kappa shape index (κ2) is 5.68. The first-order chi connectivity index (χ1) is 9.51. The van der Waals surface area contributed by atoms with E-state index in [1.165, 1.54) is 12.0 Å². The van der Waals surface area contributed by atoms with Crippen LogP contribution < -0.4 is 15.8 Å². The number of hydrogen-bond acceptors (Lipinski definition) is 4. The third-order valence-electron chi connectivity index (χ3n) is 3.13. The standard InChI is InChI=1S/C13H18N4O3/c1-16-5-6-17(13(16)19)8-12(18)15-10-7-9(14)3-4-11(10)20-2/h3-4,7H,5-6,8,14H2,1-2H3,(H,15,18). The fourth-order valence-corrected chi connectivity index (χ4v) is 2.04. The first kappa shape index (κ1) is 14.0. The maximum absolute atomic E-state index is 12.0. The summed E-state index contributed by atoms with van der Waals surface area (Å²) >= 11 is 0. The summed E-state index contributed by atoms with van der Waals surface area (Å²) in [7, 11) is 3.22. The van der Waals surface area contributed by atoms with Gasteiger partial charge >= 0.3 is 6.03 Å². The van der Waals surface area contributed by atoms with Gasteiger partial charge in [-0.15, -0.1) is 0 Å². The van der Waals surface area contributed by atoms with Gasteiger partial charge in [0.15, 0.2) is 0 Å². The van der Waals surface area contributed by atoms with Gasteiger partial charge in [-0.25, -0.2) is 4.79 Å². The van der Waals surface area contributed by atoms with E-state index in [-0.39, 0.29) is 18.5 Å². The minimum absolute atomic E-state index is 0.0150. The van der Waals surface area contributed by atoms with Crippen molar-refractivity contribution < 1.29 is 14.3 Å². The zero-order valence-electron chi connectivity index (χ0n) is 11.5. The highest BCUT2D eigenvalue weighted by Crippen LogP contribution is 2.26. The molecule has 0 atom stereocenters. The Morgan fingerprint density at radius 1 is 1.45 bits per heavy atom. The maximum Gasteiger partial charge on any atom is 0.320 e. The van der Waals surface area contributed by atoms with Crippen molar-refractivity contribution >= 4 is 23.3 Å². The van der Waals surface area contributed by atoms with Crippen LogP contribution in [0.15, 0.2) is 18.2 Å². The molecule has 3 amide bonds. The normalized spacial score (nSPS) is 14.6. The summed E-state index contributed by atoms with van der Waals surface area (Å²) in [5, 5.41) is 2.71. The summed E-state index contributed by atoms with van der Waals surface area (Å²) in [5.41, 5.74) is 6.71. The van der Waals surface area contributed by atoms with E-state index in [1.54, 1.807) is 30.1 Å². The first-order valence-corrected chi connectivity index (χ1v) is 6.24. The molecule has 0 aliphatic carbocycles. The van der Waals surface area contributed by atoms with E-state index in [0.29, 0.717) is 30.2 Å². The number of anilines is 2. The number of nitrogens with two attached hydrogens (primary N) is 1. The van der Waals surface area contributed by atoms with Crippen molar-refractivity contribution in [3.63, 3.8) is 0 Å². The number of nitrogen functional groups attached to an aromatic ring is 1. The zero-order chi connectivity index (χ0) is 14.7. The molecular formula is C13H18N4O3. The number of urea groups is 1. The number of carbonyl (C=O) groups excluding carboxylic acids is 2. The number of nitrogens with one attached hydrogen (secondary N) is 1. The number of likely N-dealkylation sites (N-methyl/N-ethyl adjacent to an activating group) is 1. The van der Waals surface area contributed by atoms with Crippen molar-refractivity contribution in [1.82, 2.24) is 9.80 Å². The van der Waals surface area contributed by atoms with Crippen LogP contribution in [0.5, 0.6) is 5.75 Å². The van der Waals surface area contributed by atoms with Crippen LogP contribution in [-0.2, 0) is 4.79 Å². The van der Waals surface area contributed by atoms with Gasteiger partial charge in [0.05, 0.1) is 12.8 Å². The summed E-state index contributed by atoms with van der Waals surface area (Å²) in [6.45, 7) is 1.20. The number of nitrogens with zero attached hydrogens (tertiary/aromatic N) is 2. The van der Waals surface area contributed by atoms with Crippen LogP contribution >= 0.6 is 0 Å². The summed E-state index contributed by atoms with van der Waals surface area (Å²) in [6, 6.07) is 4.85. The SMILES string of the molecule is COc1ccc(N)cc1NC(=O)CN1CCN(C)C1=O. The smallest absolute Gasteiger partial charge is 0.320 e. The molecule has 1 aromatic rings. The third-order valence-corrected chi connectivity index (χ3v) is 3.13. The highest BCUT2D eigenvalue weighted by molar-refractivity contribution is 5.96. The van der Waals surface area contributed by atoms with E-state index in [0.717, 1.165) is 0 Å². The number of amides is 3. The van der Waals surface area contributed by atoms with Crippen molar-refractivity contribution in [2.24, 2.45) is 0 Å². The van der Waals surface area contributed by atoms with Gasteiger partial charge in [0, 0.05) is 25.8 Å². The Labute approximate surface area is 117 Å². The van der Waals surface area contributed by atoms with Crippen LogP contribution in [0, 0.1) is 0 Å². The molecule has 0 aromatic heterocycles. The Bertz CT molecular complexity index is 532. The molecular weight excluding hydrogens is 260 g/mol. The van der Waals surface area contributed by atoms with Crippen LogP contribution in [0.4, 0.5) is 16.2 Å². The topological polar surface area (TPSA) is 87.9 Å². The largest absolute Gasteiger partial charge is 0.495 e. The Morgan fingerprint density at radius 3 is 2.80 bits per heavy atom. The fraction of sp³-hybridized carbons (Fsp3) is 0.385. The zero-order valence-corrected chi connectivity index (χ0v) is 11.5. The van der Waals surface area contributed by atoms with E-state index in [1.807, 2.05) is 0 Å². The van der Waals surface area contributed by atoms with Crippen molar-refractivity contribution in [2.45, 2.75) is 0 Å². The Hall–Kier alpha value is -2.44. The molecule has 1 fully saturated rings. The second-order valence-corrected chi connectivity index (χ2v) is 4.63. The minimum atomic E-state index is -0.280. The Morgan fingerprint density at radius 2 is 2.20 bits per heavy atom. The van der Waals surface area contributed by atoms with Crippen LogP contribution in [0.25, 0.3) is 0 Å². The highest BCUT2D eigenvalue weighted by Gasteiger charge is 2.27. The molecule has 1 aromatic carbocycles. The molecule has 1 saturated heterocycles.